The molecule has 1 aromatic carbocycles. The Morgan fingerprint density at radius 2 is 2.00 bits per heavy atom. The van der Waals surface area contributed by atoms with Gasteiger partial charge in [-0.15, -0.1) is 0 Å². The van der Waals surface area contributed by atoms with Crippen LogP contribution in [0.15, 0.2) is 24.3 Å². The average Bonchev–Trinajstić information content (AvgIpc) is 2.37. The molecular weight excluding hydrogens is 250 g/mol. The van der Waals surface area contributed by atoms with Gasteiger partial charge in [-0.2, -0.15) is 0 Å². The summed E-state index contributed by atoms with van der Waals surface area (Å²) in [5, 5.41) is 0. The summed E-state index contributed by atoms with van der Waals surface area (Å²) in [6.45, 7) is 5.66. The third-order valence-corrected chi connectivity index (χ3v) is 4.27. The normalized spacial score (nSPS) is 23.4. The maximum absolute atomic E-state index is 11.1. The molecule has 0 saturated heterocycles. The second-order valence-electron chi connectivity index (χ2n) is 6.48. The van der Waals surface area contributed by atoms with Crippen molar-refractivity contribution in [3.63, 3.8) is 0 Å². The Hall–Kier alpha value is -1.35. The van der Waals surface area contributed by atoms with E-state index in [1.807, 2.05) is 18.2 Å². The number of nitrogens with two attached hydrogens (primary N) is 1. The molecule has 110 valence electrons. The van der Waals surface area contributed by atoms with E-state index in [2.05, 4.69) is 19.9 Å². The molecular formula is C17H25NO2. The zero-order valence-electron chi connectivity index (χ0n) is 12.7. The first-order valence-corrected chi connectivity index (χ1v) is 7.45. The Morgan fingerprint density at radius 1 is 1.30 bits per heavy atom. The van der Waals surface area contributed by atoms with Gasteiger partial charge in [0, 0.05) is 12.5 Å². The summed E-state index contributed by atoms with van der Waals surface area (Å²) in [6, 6.07) is 7.91. The Morgan fingerprint density at radius 3 is 2.65 bits per heavy atom. The van der Waals surface area contributed by atoms with Crippen molar-refractivity contribution in [2.45, 2.75) is 57.9 Å². The van der Waals surface area contributed by atoms with E-state index in [0.717, 1.165) is 6.42 Å². The molecule has 0 spiro atoms. The van der Waals surface area contributed by atoms with Crippen LogP contribution in [-0.2, 0) is 4.79 Å². The number of benzene rings is 1. The zero-order chi connectivity index (χ0) is 14.8. The van der Waals surface area contributed by atoms with Gasteiger partial charge < -0.3 is 10.5 Å². The molecule has 1 fully saturated rings. The largest absolute Gasteiger partial charge is 0.427 e. The number of esters is 1. The van der Waals surface area contributed by atoms with Crippen molar-refractivity contribution in [3.05, 3.63) is 29.8 Å². The minimum atomic E-state index is -0.276. The van der Waals surface area contributed by atoms with E-state index >= 15 is 0 Å². The molecule has 1 aromatic rings. The van der Waals surface area contributed by atoms with Crippen LogP contribution in [-0.4, -0.2) is 11.5 Å². The van der Waals surface area contributed by atoms with E-state index in [4.69, 9.17) is 10.5 Å². The lowest BCUT2D eigenvalue weighted by Gasteiger charge is -2.40. The molecule has 3 nitrogen and oxygen atoms in total. The van der Waals surface area contributed by atoms with Crippen LogP contribution in [0.25, 0.3) is 0 Å². The van der Waals surface area contributed by atoms with Crippen LogP contribution in [0.1, 0.15) is 57.9 Å². The van der Waals surface area contributed by atoms with Crippen LogP contribution in [0.3, 0.4) is 0 Å². The fourth-order valence-corrected chi connectivity index (χ4v) is 3.40. The molecule has 0 radical (unpaired) electrons. The molecule has 1 aliphatic rings. The van der Waals surface area contributed by atoms with E-state index in [1.165, 1.54) is 31.7 Å². The second kappa shape index (κ2) is 5.96. The van der Waals surface area contributed by atoms with Crippen molar-refractivity contribution in [2.75, 3.05) is 0 Å². The highest BCUT2D eigenvalue weighted by Gasteiger charge is 2.35. The van der Waals surface area contributed by atoms with E-state index < -0.39 is 0 Å². The van der Waals surface area contributed by atoms with Gasteiger partial charge in [0.25, 0.3) is 0 Å². The highest BCUT2D eigenvalue weighted by Crippen LogP contribution is 2.43. The number of hydrogen-bond acceptors (Lipinski definition) is 3. The first kappa shape index (κ1) is 15.0. The third kappa shape index (κ3) is 3.60. The summed E-state index contributed by atoms with van der Waals surface area (Å²) in [6.07, 6.45) is 4.83. The quantitative estimate of drug-likeness (QED) is 0.677. The lowest BCUT2D eigenvalue weighted by Crippen LogP contribution is -2.45. The fraction of sp³-hybridized carbons (Fsp3) is 0.588. The summed E-state index contributed by atoms with van der Waals surface area (Å²) < 4.78 is 5.20. The summed E-state index contributed by atoms with van der Waals surface area (Å²) in [4.78, 5) is 11.1. The number of carbonyl (C=O) groups excluding carboxylic acids is 1. The average molecular weight is 275 g/mol. The molecule has 3 heteroatoms. The Kier molecular flexibility index (Phi) is 4.48. The third-order valence-electron chi connectivity index (χ3n) is 4.27. The van der Waals surface area contributed by atoms with Crippen molar-refractivity contribution >= 4 is 5.97 Å². The van der Waals surface area contributed by atoms with Crippen molar-refractivity contribution < 1.29 is 9.53 Å². The van der Waals surface area contributed by atoms with E-state index in [1.54, 1.807) is 0 Å². The van der Waals surface area contributed by atoms with E-state index in [-0.39, 0.29) is 11.5 Å². The SMILES string of the molecule is CC(=O)Oc1cccc(C2CCCCC2C(C)(C)N)c1. The van der Waals surface area contributed by atoms with Crippen LogP contribution >= 0.6 is 0 Å². The standard InChI is InChI=1S/C17H25NO2/c1-12(19)20-14-8-6-7-13(11-14)15-9-4-5-10-16(15)17(2,3)18/h6-8,11,15-16H,4-5,9-10,18H2,1-3H3. The van der Waals surface area contributed by atoms with Gasteiger partial charge in [0.15, 0.2) is 0 Å². The van der Waals surface area contributed by atoms with Crippen LogP contribution < -0.4 is 10.5 Å². The van der Waals surface area contributed by atoms with Gasteiger partial charge in [0.05, 0.1) is 0 Å². The molecule has 0 bridgehead atoms. The van der Waals surface area contributed by atoms with Gasteiger partial charge in [0.1, 0.15) is 5.75 Å². The summed E-state index contributed by atoms with van der Waals surface area (Å²) in [7, 11) is 0. The van der Waals surface area contributed by atoms with Gasteiger partial charge in [0.2, 0.25) is 0 Å². The highest BCUT2D eigenvalue weighted by atomic mass is 16.5. The predicted molar refractivity (Wildman–Crippen MR) is 80.7 cm³/mol. The summed E-state index contributed by atoms with van der Waals surface area (Å²) in [5.74, 6) is 1.29. The lowest BCUT2D eigenvalue weighted by molar-refractivity contribution is -0.131. The Bertz CT molecular complexity index is 476. The molecule has 1 saturated carbocycles. The Balaban J connectivity index is 2.26. The van der Waals surface area contributed by atoms with Crippen LogP contribution in [0.2, 0.25) is 0 Å². The van der Waals surface area contributed by atoms with E-state index in [9.17, 15) is 4.79 Å². The maximum Gasteiger partial charge on any atom is 0.308 e. The highest BCUT2D eigenvalue weighted by molar-refractivity contribution is 5.69. The van der Waals surface area contributed by atoms with Crippen LogP contribution in [0, 0.1) is 5.92 Å². The molecule has 2 atom stereocenters. The summed E-state index contributed by atoms with van der Waals surface area (Å²) >= 11 is 0. The number of carbonyl (C=O) groups is 1. The van der Waals surface area contributed by atoms with Crippen molar-refractivity contribution in [1.82, 2.24) is 0 Å². The van der Waals surface area contributed by atoms with Gasteiger partial charge in [-0.1, -0.05) is 25.0 Å². The lowest BCUT2D eigenvalue weighted by atomic mass is 9.68. The first-order chi connectivity index (χ1) is 9.38. The molecule has 2 unspecified atom stereocenters. The zero-order valence-corrected chi connectivity index (χ0v) is 12.7. The molecule has 0 aromatic heterocycles. The molecule has 0 aliphatic heterocycles. The second-order valence-corrected chi connectivity index (χ2v) is 6.48. The van der Waals surface area contributed by atoms with Gasteiger partial charge in [-0.3, -0.25) is 4.79 Å². The molecule has 0 heterocycles. The maximum atomic E-state index is 11.1. The van der Waals surface area contributed by atoms with Crippen molar-refractivity contribution in [1.29, 1.82) is 0 Å². The molecule has 0 amide bonds. The number of hydrogen-bond donors (Lipinski definition) is 1. The first-order valence-electron chi connectivity index (χ1n) is 7.45. The number of ether oxygens (including phenoxy) is 1. The monoisotopic (exact) mass is 275 g/mol. The smallest absolute Gasteiger partial charge is 0.308 e. The minimum Gasteiger partial charge on any atom is -0.427 e. The van der Waals surface area contributed by atoms with Gasteiger partial charge in [-0.05, 0) is 56.2 Å². The molecule has 2 rings (SSSR count). The fourth-order valence-electron chi connectivity index (χ4n) is 3.40. The predicted octanol–water partition coefficient (Wildman–Crippen LogP) is 3.62. The molecule has 20 heavy (non-hydrogen) atoms. The topological polar surface area (TPSA) is 52.3 Å². The van der Waals surface area contributed by atoms with Gasteiger partial charge in [-0.25, -0.2) is 0 Å². The van der Waals surface area contributed by atoms with Crippen LogP contribution in [0.4, 0.5) is 0 Å². The van der Waals surface area contributed by atoms with Crippen molar-refractivity contribution in [2.24, 2.45) is 11.7 Å². The molecule has 2 N–H and O–H groups in total. The summed E-state index contributed by atoms with van der Waals surface area (Å²) in [5.41, 5.74) is 7.44. The molecule has 1 aliphatic carbocycles. The van der Waals surface area contributed by atoms with Crippen LogP contribution in [0.5, 0.6) is 5.75 Å². The van der Waals surface area contributed by atoms with Crippen molar-refractivity contribution in [3.8, 4) is 5.75 Å². The van der Waals surface area contributed by atoms with E-state index in [0.29, 0.717) is 17.6 Å². The van der Waals surface area contributed by atoms with Gasteiger partial charge >= 0.3 is 5.97 Å². The minimum absolute atomic E-state index is 0.178. The number of rotatable bonds is 3. The Labute approximate surface area is 121 Å².